The van der Waals surface area contributed by atoms with E-state index in [0.29, 0.717) is 25.0 Å². The molecule has 0 radical (unpaired) electrons. The highest BCUT2D eigenvalue weighted by atomic mass is 16.5. The van der Waals surface area contributed by atoms with Crippen molar-refractivity contribution in [3.8, 4) is 0 Å². The molecule has 0 saturated heterocycles. The van der Waals surface area contributed by atoms with Gasteiger partial charge in [0.2, 0.25) is 0 Å². The van der Waals surface area contributed by atoms with Crippen LogP contribution in [0, 0.1) is 17.3 Å². The van der Waals surface area contributed by atoms with Crippen molar-refractivity contribution < 1.29 is 14.3 Å². The number of nitrogens with one attached hydrogen (secondary N) is 1. The van der Waals surface area contributed by atoms with Gasteiger partial charge >= 0.3 is 6.09 Å². The van der Waals surface area contributed by atoms with Gasteiger partial charge < -0.3 is 14.8 Å². The zero-order valence-electron chi connectivity index (χ0n) is 13.7. The molecule has 4 aliphatic carbocycles. The first-order valence-electron chi connectivity index (χ1n) is 9.00. The number of hydrogen-bond donors (Lipinski definition) is 1. The fraction of sp³-hybridized carbons (Fsp3) is 0.889. The Morgan fingerprint density at radius 2 is 1.77 bits per heavy atom. The molecule has 0 spiro atoms. The summed E-state index contributed by atoms with van der Waals surface area (Å²) in [6.45, 7) is 2.09. The molecule has 2 bridgehead atoms. The van der Waals surface area contributed by atoms with E-state index in [-0.39, 0.29) is 17.3 Å². The number of rotatable bonds is 5. The van der Waals surface area contributed by atoms with Gasteiger partial charge in [0.05, 0.1) is 6.61 Å². The number of fused-ring (bicyclic) bond motifs is 3. The molecule has 0 aromatic rings. The van der Waals surface area contributed by atoms with Crippen molar-refractivity contribution >= 4 is 11.9 Å². The van der Waals surface area contributed by atoms with Crippen molar-refractivity contribution in [1.82, 2.24) is 5.32 Å². The molecule has 1 amide bonds. The van der Waals surface area contributed by atoms with Crippen molar-refractivity contribution in [1.29, 1.82) is 0 Å². The Morgan fingerprint density at radius 1 is 1.09 bits per heavy atom. The fourth-order valence-corrected chi connectivity index (χ4v) is 5.15. The predicted octanol–water partition coefficient (Wildman–Crippen LogP) is 3.83. The van der Waals surface area contributed by atoms with Crippen molar-refractivity contribution in [3.05, 3.63) is 0 Å². The summed E-state index contributed by atoms with van der Waals surface area (Å²) in [5.41, 5.74) is -0.0833. The lowest BCUT2D eigenvalue weighted by Crippen LogP contribution is -2.47. The summed E-state index contributed by atoms with van der Waals surface area (Å²) in [4.78, 5) is 23.8. The van der Waals surface area contributed by atoms with Crippen LogP contribution in [0.1, 0.15) is 71.1 Å². The maximum Gasteiger partial charge on any atom is 0.407 e. The van der Waals surface area contributed by atoms with E-state index >= 15 is 0 Å². The summed E-state index contributed by atoms with van der Waals surface area (Å²) in [5, 5.41) is 2.99. The molecule has 4 aliphatic rings. The third-order valence-electron chi connectivity index (χ3n) is 6.18. The van der Waals surface area contributed by atoms with Crippen molar-refractivity contribution in [3.63, 3.8) is 0 Å². The summed E-state index contributed by atoms with van der Waals surface area (Å²) < 4.78 is 5.60. The monoisotopic (exact) mass is 307 g/mol. The third kappa shape index (κ3) is 3.47. The number of alkyl carbamates (subject to hydrolysis) is 1. The minimum absolute atomic E-state index is 0.0833. The van der Waals surface area contributed by atoms with E-state index in [2.05, 4.69) is 5.32 Å². The maximum absolute atomic E-state index is 12.1. The van der Waals surface area contributed by atoms with E-state index in [9.17, 15) is 9.59 Å². The highest BCUT2D eigenvalue weighted by Gasteiger charge is 2.48. The van der Waals surface area contributed by atoms with Gasteiger partial charge in [-0.15, -0.1) is 0 Å². The molecule has 0 aliphatic heterocycles. The summed E-state index contributed by atoms with van der Waals surface area (Å²) in [6.07, 6.45) is 10.9. The lowest BCUT2D eigenvalue weighted by molar-refractivity contribution is -0.125. The quantitative estimate of drug-likeness (QED) is 0.840. The van der Waals surface area contributed by atoms with E-state index in [1.807, 2.05) is 0 Å². The molecule has 4 rings (SSSR count). The molecule has 4 fully saturated rings. The number of carbonyl (C=O) groups excluding carboxylic acids is 2. The number of carbonyl (C=O) groups is 2. The lowest BCUT2D eigenvalue weighted by Gasteiger charge is -2.51. The summed E-state index contributed by atoms with van der Waals surface area (Å²) in [5.74, 6) is 1.51. The number of amides is 1. The minimum atomic E-state index is -0.281. The van der Waals surface area contributed by atoms with Crippen LogP contribution in [-0.4, -0.2) is 24.5 Å². The van der Waals surface area contributed by atoms with Gasteiger partial charge in [0.1, 0.15) is 5.78 Å². The van der Waals surface area contributed by atoms with Gasteiger partial charge in [-0.05, 0) is 50.9 Å². The second-order valence-electron chi connectivity index (χ2n) is 7.86. The van der Waals surface area contributed by atoms with Gasteiger partial charge in [0, 0.05) is 17.9 Å². The Bertz CT molecular complexity index is 422. The van der Waals surface area contributed by atoms with Crippen LogP contribution in [0.2, 0.25) is 0 Å². The minimum Gasteiger partial charge on any atom is -0.449 e. The van der Waals surface area contributed by atoms with Gasteiger partial charge in [0.15, 0.2) is 0 Å². The number of hydrogen-bond acceptors (Lipinski definition) is 3. The van der Waals surface area contributed by atoms with Gasteiger partial charge in [0.25, 0.3) is 0 Å². The molecule has 1 N–H and O–H groups in total. The molecular formula is C18H29NO3. The highest BCUT2D eigenvalue weighted by Crippen LogP contribution is 2.54. The molecule has 1 unspecified atom stereocenters. The molecule has 124 valence electrons. The van der Waals surface area contributed by atoms with E-state index in [1.165, 1.54) is 38.5 Å². The van der Waals surface area contributed by atoms with Crippen LogP contribution in [0.15, 0.2) is 0 Å². The van der Waals surface area contributed by atoms with Gasteiger partial charge in [-0.1, -0.05) is 25.7 Å². The zero-order chi connectivity index (χ0) is 15.6. The average Bonchev–Trinajstić information content (AvgIpc) is 2.99. The van der Waals surface area contributed by atoms with Gasteiger partial charge in [-0.2, -0.15) is 0 Å². The normalized spacial score (nSPS) is 34.6. The smallest absolute Gasteiger partial charge is 0.407 e. The molecule has 22 heavy (non-hydrogen) atoms. The fourth-order valence-electron chi connectivity index (χ4n) is 5.15. The first-order valence-corrected chi connectivity index (χ1v) is 9.00. The van der Waals surface area contributed by atoms with Crippen molar-refractivity contribution in [2.75, 3.05) is 6.61 Å². The molecule has 4 heteroatoms. The van der Waals surface area contributed by atoms with Crippen molar-refractivity contribution in [2.45, 2.75) is 77.2 Å². The van der Waals surface area contributed by atoms with Crippen LogP contribution in [0.4, 0.5) is 4.79 Å². The van der Waals surface area contributed by atoms with Crippen LogP contribution in [0.3, 0.4) is 0 Å². The van der Waals surface area contributed by atoms with Gasteiger partial charge in [-0.3, -0.25) is 0 Å². The molecular weight excluding hydrogens is 278 g/mol. The number of ketones is 1. The average molecular weight is 307 g/mol. The predicted molar refractivity (Wildman–Crippen MR) is 84.5 cm³/mol. The standard InChI is InChI=1S/C18H29NO3/c1-13(20)10-18(11-14-6-8-15(18)9-7-14)12-22-17(21)19-16-4-2-3-5-16/h14-16H,2-12H2,1H3,(H,19,21). The Morgan fingerprint density at radius 3 is 2.32 bits per heavy atom. The summed E-state index contributed by atoms with van der Waals surface area (Å²) in [7, 11) is 0. The summed E-state index contributed by atoms with van der Waals surface area (Å²) >= 11 is 0. The van der Waals surface area contributed by atoms with Crippen LogP contribution in [0.5, 0.6) is 0 Å². The van der Waals surface area contributed by atoms with Crippen LogP contribution >= 0.6 is 0 Å². The van der Waals surface area contributed by atoms with E-state index in [1.54, 1.807) is 6.92 Å². The first kappa shape index (κ1) is 15.8. The van der Waals surface area contributed by atoms with Crippen molar-refractivity contribution in [2.24, 2.45) is 17.3 Å². The Hall–Kier alpha value is -1.06. The van der Waals surface area contributed by atoms with Crippen LogP contribution in [0.25, 0.3) is 0 Å². The van der Waals surface area contributed by atoms with E-state index in [0.717, 1.165) is 25.2 Å². The number of Topliss-reactive ketones (excluding diaryl/α,β-unsaturated/α-hetero) is 1. The van der Waals surface area contributed by atoms with Crippen LogP contribution in [-0.2, 0) is 9.53 Å². The Balaban J connectivity index is 1.58. The Labute approximate surface area is 133 Å². The van der Waals surface area contributed by atoms with Gasteiger partial charge in [-0.25, -0.2) is 4.79 Å². The maximum atomic E-state index is 12.1. The first-order chi connectivity index (χ1) is 10.6. The topological polar surface area (TPSA) is 55.4 Å². The van der Waals surface area contributed by atoms with E-state index in [4.69, 9.17) is 4.74 Å². The molecule has 0 aromatic heterocycles. The third-order valence-corrected chi connectivity index (χ3v) is 6.18. The lowest BCUT2D eigenvalue weighted by atomic mass is 9.55. The largest absolute Gasteiger partial charge is 0.449 e. The second kappa shape index (κ2) is 6.59. The highest BCUT2D eigenvalue weighted by molar-refractivity contribution is 5.76. The van der Waals surface area contributed by atoms with Crippen LogP contribution < -0.4 is 5.32 Å². The molecule has 4 saturated carbocycles. The summed E-state index contributed by atoms with van der Waals surface area (Å²) in [6, 6.07) is 0.291. The second-order valence-corrected chi connectivity index (χ2v) is 7.86. The zero-order valence-corrected chi connectivity index (χ0v) is 13.7. The number of ether oxygens (including phenoxy) is 1. The Kier molecular flexibility index (Phi) is 4.74. The SMILES string of the molecule is CC(=O)CC1(COC(=O)NC2CCCC2)CC2CCC1CC2. The van der Waals surface area contributed by atoms with E-state index < -0.39 is 0 Å². The molecule has 0 heterocycles. The molecule has 1 atom stereocenters. The molecule has 0 aromatic carbocycles. The molecule has 4 nitrogen and oxygen atoms in total.